The van der Waals surface area contributed by atoms with Crippen LogP contribution in [0.15, 0.2) is 109 Å². The molecule has 0 unspecified atom stereocenters. The Balaban J connectivity index is 1.70. The maximum Gasteiger partial charge on any atom is 0.1000 e. The summed E-state index contributed by atoms with van der Waals surface area (Å²) in [6.45, 7) is 0. The monoisotopic (exact) mass is 397 g/mol. The fourth-order valence-corrected chi connectivity index (χ4v) is 3.81. The van der Waals surface area contributed by atoms with Gasteiger partial charge in [0, 0.05) is 22.9 Å². The van der Waals surface area contributed by atoms with Crippen molar-refractivity contribution in [2.75, 3.05) is 0 Å². The van der Waals surface area contributed by atoms with Gasteiger partial charge in [-0.2, -0.15) is 10.4 Å². The molecular formula is C28H19N3. The van der Waals surface area contributed by atoms with Crippen LogP contribution in [0.5, 0.6) is 0 Å². The molecule has 1 aromatic heterocycles. The van der Waals surface area contributed by atoms with Crippen molar-refractivity contribution in [1.29, 1.82) is 5.26 Å². The van der Waals surface area contributed by atoms with E-state index in [0.29, 0.717) is 5.57 Å². The molecule has 5 rings (SSSR count). The predicted octanol–water partition coefficient (Wildman–Crippen LogP) is 6.76. The fourth-order valence-electron chi connectivity index (χ4n) is 3.81. The Bertz CT molecular complexity index is 1420. The fraction of sp³-hybridized carbons (Fsp3) is 0. The molecule has 0 radical (unpaired) electrons. The quantitative estimate of drug-likeness (QED) is 0.315. The number of rotatable bonds is 4. The van der Waals surface area contributed by atoms with Crippen molar-refractivity contribution in [1.82, 2.24) is 9.78 Å². The van der Waals surface area contributed by atoms with Gasteiger partial charge < -0.3 is 0 Å². The van der Waals surface area contributed by atoms with Crippen LogP contribution in [-0.2, 0) is 0 Å². The van der Waals surface area contributed by atoms with Gasteiger partial charge in [0.2, 0.25) is 0 Å². The van der Waals surface area contributed by atoms with Crippen molar-refractivity contribution in [2.24, 2.45) is 0 Å². The van der Waals surface area contributed by atoms with E-state index in [-0.39, 0.29) is 0 Å². The van der Waals surface area contributed by atoms with E-state index in [1.807, 2.05) is 102 Å². The number of nitrogens with zero attached hydrogens (tertiary/aromatic N) is 3. The number of hydrogen-bond donors (Lipinski definition) is 0. The Hall–Kier alpha value is -4.42. The minimum absolute atomic E-state index is 0.613. The second-order valence-corrected chi connectivity index (χ2v) is 7.28. The lowest BCUT2D eigenvalue weighted by atomic mass is 9.97. The number of para-hydroxylation sites is 1. The number of allylic oxidation sites excluding steroid dienone is 1. The lowest BCUT2D eigenvalue weighted by molar-refractivity contribution is 0.884. The van der Waals surface area contributed by atoms with Crippen LogP contribution >= 0.6 is 0 Å². The Labute approximate surface area is 181 Å². The molecule has 0 amide bonds. The van der Waals surface area contributed by atoms with Gasteiger partial charge in [0.25, 0.3) is 0 Å². The highest BCUT2D eigenvalue weighted by atomic mass is 15.3. The van der Waals surface area contributed by atoms with E-state index in [1.165, 1.54) is 0 Å². The van der Waals surface area contributed by atoms with E-state index in [4.69, 9.17) is 5.10 Å². The van der Waals surface area contributed by atoms with Crippen molar-refractivity contribution in [2.45, 2.75) is 0 Å². The Morgan fingerprint density at radius 3 is 2.23 bits per heavy atom. The molecule has 0 aliphatic rings. The molecule has 0 atom stereocenters. The van der Waals surface area contributed by atoms with E-state index in [9.17, 15) is 5.26 Å². The van der Waals surface area contributed by atoms with Crippen LogP contribution in [0.1, 0.15) is 11.1 Å². The zero-order valence-corrected chi connectivity index (χ0v) is 16.8. The molecule has 5 aromatic rings. The first-order chi connectivity index (χ1) is 15.3. The molecule has 4 aromatic carbocycles. The molecule has 0 aliphatic heterocycles. The van der Waals surface area contributed by atoms with Crippen LogP contribution in [0.4, 0.5) is 0 Å². The largest absolute Gasteiger partial charge is 0.240 e. The molecule has 0 aliphatic carbocycles. The number of benzene rings is 4. The first-order valence-corrected chi connectivity index (χ1v) is 10.1. The lowest BCUT2D eigenvalue weighted by Crippen LogP contribution is -1.93. The molecular weight excluding hydrogens is 378 g/mol. The number of fused-ring (bicyclic) bond motifs is 1. The molecule has 0 spiro atoms. The summed E-state index contributed by atoms with van der Waals surface area (Å²) in [5, 5.41) is 17.1. The summed E-state index contributed by atoms with van der Waals surface area (Å²) in [5.41, 5.74) is 5.27. The van der Waals surface area contributed by atoms with Gasteiger partial charge in [0.1, 0.15) is 0 Å². The molecule has 0 fully saturated rings. The highest BCUT2D eigenvalue weighted by Gasteiger charge is 2.13. The van der Waals surface area contributed by atoms with E-state index in [0.717, 1.165) is 38.8 Å². The van der Waals surface area contributed by atoms with E-state index in [2.05, 4.69) is 24.3 Å². The Morgan fingerprint density at radius 1 is 0.774 bits per heavy atom. The van der Waals surface area contributed by atoms with Crippen LogP contribution in [0.25, 0.3) is 39.4 Å². The molecule has 0 N–H and O–H groups in total. The third-order valence-electron chi connectivity index (χ3n) is 5.31. The first-order valence-electron chi connectivity index (χ1n) is 10.1. The van der Waals surface area contributed by atoms with Crippen molar-refractivity contribution in [3.63, 3.8) is 0 Å². The van der Waals surface area contributed by atoms with E-state index >= 15 is 0 Å². The minimum Gasteiger partial charge on any atom is -0.240 e. The zero-order valence-electron chi connectivity index (χ0n) is 16.8. The number of aromatic nitrogens is 2. The maximum absolute atomic E-state index is 10.0. The summed E-state index contributed by atoms with van der Waals surface area (Å²) in [6.07, 6.45) is 3.93. The summed E-state index contributed by atoms with van der Waals surface area (Å²) in [7, 11) is 0. The van der Waals surface area contributed by atoms with Crippen LogP contribution in [0.3, 0.4) is 0 Å². The summed E-state index contributed by atoms with van der Waals surface area (Å²) < 4.78 is 1.87. The van der Waals surface area contributed by atoms with Gasteiger partial charge in [-0.1, -0.05) is 91.0 Å². The molecule has 146 valence electrons. The SMILES string of the molecule is N#C/C(=C\c1cn(-c2ccccc2)nc1-c1ccccc1)c1cccc2ccccc12. The molecule has 0 saturated heterocycles. The lowest BCUT2D eigenvalue weighted by Gasteiger charge is -2.05. The van der Waals surface area contributed by atoms with Gasteiger partial charge in [-0.15, -0.1) is 0 Å². The smallest absolute Gasteiger partial charge is 0.1000 e. The Kier molecular flexibility index (Phi) is 4.88. The van der Waals surface area contributed by atoms with E-state index in [1.54, 1.807) is 0 Å². The van der Waals surface area contributed by atoms with Gasteiger partial charge in [0.15, 0.2) is 0 Å². The van der Waals surface area contributed by atoms with Crippen LogP contribution < -0.4 is 0 Å². The van der Waals surface area contributed by atoms with Crippen molar-refractivity contribution in [3.8, 4) is 23.0 Å². The normalized spacial score (nSPS) is 11.4. The topological polar surface area (TPSA) is 41.6 Å². The first kappa shape index (κ1) is 18.6. The molecule has 3 heteroatoms. The summed E-state index contributed by atoms with van der Waals surface area (Å²) in [6, 6.07) is 36.7. The van der Waals surface area contributed by atoms with E-state index < -0.39 is 0 Å². The van der Waals surface area contributed by atoms with Crippen LogP contribution in [0.2, 0.25) is 0 Å². The van der Waals surface area contributed by atoms with Gasteiger partial charge in [0.05, 0.1) is 23.0 Å². The van der Waals surface area contributed by atoms with Crippen molar-refractivity contribution >= 4 is 22.4 Å². The third-order valence-corrected chi connectivity index (χ3v) is 5.31. The minimum atomic E-state index is 0.613. The van der Waals surface area contributed by atoms with Crippen LogP contribution in [0, 0.1) is 11.3 Å². The molecule has 0 saturated carbocycles. The average molecular weight is 397 g/mol. The van der Waals surface area contributed by atoms with Crippen molar-refractivity contribution < 1.29 is 0 Å². The summed E-state index contributed by atoms with van der Waals surface area (Å²) in [4.78, 5) is 0. The summed E-state index contributed by atoms with van der Waals surface area (Å²) >= 11 is 0. The number of nitriles is 1. The highest BCUT2D eigenvalue weighted by molar-refractivity contribution is 6.02. The van der Waals surface area contributed by atoms with Crippen LogP contribution in [-0.4, -0.2) is 9.78 Å². The standard InChI is InChI=1S/C28H19N3/c29-19-23(27-17-9-13-21-10-7-8-16-26(21)27)18-24-20-31(25-14-5-2-6-15-25)30-28(24)22-11-3-1-4-12-22/h1-18,20H/b23-18+. The van der Waals surface area contributed by atoms with Crippen molar-refractivity contribution in [3.05, 3.63) is 120 Å². The van der Waals surface area contributed by atoms with Gasteiger partial charge in [-0.05, 0) is 29.0 Å². The summed E-state index contributed by atoms with van der Waals surface area (Å²) in [5.74, 6) is 0. The predicted molar refractivity (Wildman–Crippen MR) is 126 cm³/mol. The van der Waals surface area contributed by atoms with Gasteiger partial charge in [-0.3, -0.25) is 0 Å². The second-order valence-electron chi connectivity index (χ2n) is 7.28. The molecule has 3 nitrogen and oxygen atoms in total. The maximum atomic E-state index is 10.0. The van der Waals surface area contributed by atoms with Gasteiger partial charge in [-0.25, -0.2) is 4.68 Å². The highest BCUT2D eigenvalue weighted by Crippen LogP contribution is 2.30. The third kappa shape index (κ3) is 3.63. The molecule has 0 bridgehead atoms. The second kappa shape index (κ2) is 8.14. The average Bonchev–Trinajstić information content (AvgIpc) is 3.27. The number of hydrogen-bond acceptors (Lipinski definition) is 2. The molecule has 31 heavy (non-hydrogen) atoms. The zero-order chi connectivity index (χ0) is 21.0. The molecule has 1 heterocycles. The van der Waals surface area contributed by atoms with Gasteiger partial charge >= 0.3 is 0 Å². The Morgan fingerprint density at radius 2 is 1.45 bits per heavy atom.